The molecule has 2 aromatic rings. The van der Waals surface area contributed by atoms with E-state index in [0.717, 1.165) is 69.4 Å². The van der Waals surface area contributed by atoms with Crippen molar-refractivity contribution >= 4 is 33.5 Å². The molecule has 4 rings (SSSR count). The van der Waals surface area contributed by atoms with Gasteiger partial charge in [-0.1, -0.05) is 18.2 Å². The maximum absolute atomic E-state index is 11.6. The second-order valence-electron chi connectivity index (χ2n) is 7.55. The summed E-state index contributed by atoms with van der Waals surface area (Å²) in [6, 6.07) is 14.3. The maximum Gasteiger partial charge on any atom is 0.305 e. The number of esters is 1. The van der Waals surface area contributed by atoms with Crippen LogP contribution >= 0.6 is 0 Å². The highest BCUT2D eigenvalue weighted by molar-refractivity contribution is 6.08. The van der Waals surface area contributed by atoms with Gasteiger partial charge in [0.15, 0.2) is 11.3 Å². The van der Waals surface area contributed by atoms with Gasteiger partial charge in [-0.25, -0.2) is 4.98 Å². The Morgan fingerprint density at radius 2 is 1.97 bits per heavy atom. The van der Waals surface area contributed by atoms with E-state index in [9.17, 15) is 4.79 Å². The van der Waals surface area contributed by atoms with Gasteiger partial charge >= 0.3 is 5.97 Å². The number of fused-ring (bicyclic) bond motifs is 4. The first-order chi connectivity index (χ1) is 15.1. The van der Waals surface area contributed by atoms with Gasteiger partial charge in [0.25, 0.3) is 0 Å². The molecular formula is C25H28N3O3+. The molecule has 0 fully saturated rings. The standard InChI is InChI=1S/C25H27N3O3/c1-4-26-19-14-22-21(13-16(19)3)28-25-18-10-7-6-9-17(18)20(15-23(25)31-22)27-12-8-11-24(29)30-5-2/h6-7,9-10,13-15,27H,4-5,8,11-12H2,1-3H3/p+1. The minimum absolute atomic E-state index is 0.145. The summed E-state index contributed by atoms with van der Waals surface area (Å²) in [5.41, 5.74) is 4.60. The molecule has 1 heterocycles. The Hall–Kier alpha value is -3.25. The first kappa shape index (κ1) is 21.0. The van der Waals surface area contributed by atoms with E-state index >= 15 is 0 Å². The number of nitrogens with two attached hydrogens (primary N) is 1. The Morgan fingerprint density at radius 3 is 2.74 bits per heavy atom. The number of aryl methyl sites for hydroxylation is 1. The highest BCUT2D eigenvalue weighted by Crippen LogP contribution is 2.32. The minimum Gasteiger partial charge on any atom is -0.466 e. The summed E-state index contributed by atoms with van der Waals surface area (Å²) in [5, 5.41) is 5.28. The van der Waals surface area contributed by atoms with Gasteiger partial charge < -0.3 is 14.5 Å². The average molecular weight is 419 g/mol. The third-order valence-corrected chi connectivity index (χ3v) is 5.33. The first-order valence-corrected chi connectivity index (χ1v) is 10.9. The zero-order valence-corrected chi connectivity index (χ0v) is 18.3. The molecule has 2 N–H and O–H groups in total. The van der Waals surface area contributed by atoms with Gasteiger partial charge in [-0.15, -0.1) is 0 Å². The number of rotatable bonds is 7. The molecule has 1 aliphatic heterocycles. The van der Waals surface area contributed by atoms with Crippen LogP contribution in [0.15, 0.2) is 51.9 Å². The van der Waals surface area contributed by atoms with E-state index < -0.39 is 0 Å². The van der Waals surface area contributed by atoms with Crippen LogP contribution in [0.25, 0.3) is 33.3 Å². The summed E-state index contributed by atoms with van der Waals surface area (Å²) in [6.45, 7) is 7.83. The van der Waals surface area contributed by atoms with Crippen LogP contribution in [0.4, 0.5) is 5.69 Å². The van der Waals surface area contributed by atoms with Crippen LogP contribution in [0, 0.1) is 6.92 Å². The average Bonchev–Trinajstić information content (AvgIpc) is 2.76. The molecule has 0 saturated carbocycles. The highest BCUT2D eigenvalue weighted by Gasteiger charge is 2.16. The van der Waals surface area contributed by atoms with E-state index in [1.165, 1.54) is 0 Å². The fourth-order valence-electron chi connectivity index (χ4n) is 3.87. The molecule has 0 atom stereocenters. The van der Waals surface area contributed by atoms with Crippen LogP contribution in [0.1, 0.15) is 32.3 Å². The molecule has 1 aliphatic carbocycles. The van der Waals surface area contributed by atoms with Crippen LogP contribution in [-0.2, 0) is 9.53 Å². The van der Waals surface area contributed by atoms with Crippen molar-refractivity contribution in [1.82, 2.24) is 4.98 Å². The molecule has 31 heavy (non-hydrogen) atoms. The van der Waals surface area contributed by atoms with Gasteiger partial charge in [-0.05, 0) is 38.5 Å². The molecule has 6 heteroatoms. The molecule has 0 saturated heterocycles. The number of benzene rings is 3. The zero-order chi connectivity index (χ0) is 21.8. The van der Waals surface area contributed by atoms with E-state index in [4.69, 9.17) is 14.1 Å². The number of ether oxygens (including phenoxy) is 1. The van der Waals surface area contributed by atoms with Gasteiger partial charge in [0.2, 0.25) is 0 Å². The monoisotopic (exact) mass is 418 g/mol. The molecule has 160 valence electrons. The van der Waals surface area contributed by atoms with Gasteiger partial charge in [0, 0.05) is 35.9 Å². The first-order valence-electron chi connectivity index (χ1n) is 10.9. The third kappa shape index (κ3) is 4.44. The van der Waals surface area contributed by atoms with Crippen molar-refractivity contribution in [3.63, 3.8) is 0 Å². The van der Waals surface area contributed by atoms with Crippen molar-refractivity contribution in [3.8, 4) is 11.5 Å². The van der Waals surface area contributed by atoms with Gasteiger partial charge in [-0.2, -0.15) is 0 Å². The molecular weight excluding hydrogens is 390 g/mol. The summed E-state index contributed by atoms with van der Waals surface area (Å²) in [5.74, 6) is 0.586. The maximum atomic E-state index is 11.6. The van der Waals surface area contributed by atoms with Crippen molar-refractivity contribution < 1.29 is 19.3 Å². The fraction of sp³-hybridized carbons (Fsp3) is 0.320. The fourth-order valence-corrected chi connectivity index (χ4v) is 3.87. The van der Waals surface area contributed by atoms with Crippen molar-refractivity contribution in [3.05, 3.63) is 53.4 Å². The number of carbonyl (C=O) groups is 1. The largest absolute Gasteiger partial charge is 0.466 e. The van der Waals surface area contributed by atoms with Crippen LogP contribution in [0.2, 0.25) is 0 Å². The van der Waals surface area contributed by atoms with E-state index in [0.29, 0.717) is 13.0 Å². The number of aromatic nitrogens is 1. The number of hydrogen-bond donors (Lipinski definition) is 1. The number of nitrogens with zero attached hydrogens (tertiary/aromatic N) is 2. The van der Waals surface area contributed by atoms with Gasteiger partial charge in [0.1, 0.15) is 16.9 Å². The van der Waals surface area contributed by atoms with E-state index in [1.807, 2.05) is 51.1 Å². The lowest BCUT2D eigenvalue weighted by atomic mass is 10.1. The Labute approximate surface area is 181 Å². The van der Waals surface area contributed by atoms with Crippen LogP contribution in [0.3, 0.4) is 0 Å². The number of carbonyl (C=O) groups excluding carboxylic acids is 1. The molecule has 0 unspecified atom stereocenters. The van der Waals surface area contributed by atoms with E-state index in [-0.39, 0.29) is 5.97 Å². The summed E-state index contributed by atoms with van der Waals surface area (Å²) >= 11 is 0. The van der Waals surface area contributed by atoms with Crippen molar-refractivity contribution in [1.29, 1.82) is 0 Å². The quantitative estimate of drug-likeness (QED) is 0.162. The van der Waals surface area contributed by atoms with Crippen molar-refractivity contribution in [2.75, 3.05) is 19.7 Å². The minimum atomic E-state index is -0.145. The summed E-state index contributed by atoms with van der Waals surface area (Å²) in [7, 11) is 0. The molecule has 2 aliphatic rings. The molecule has 0 amide bonds. The number of hydrogen-bond acceptors (Lipinski definition) is 5. The molecule has 6 nitrogen and oxygen atoms in total. The van der Waals surface area contributed by atoms with Crippen LogP contribution in [-0.4, -0.2) is 30.6 Å². The summed E-state index contributed by atoms with van der Waals surface area (Å²) in [4.78, 5) is 21.1. The van der Waals surface area contributed by atoms with Crippen molar-refractivity contribution in [2.24, 2.45) is 4.99 Å². The smallest absolute Gasteiger partial charge is 0.305 e. The lowest BCUT2D eigenvalue weighted by Gasteiger charge is -2.12. The second-order valence-corrected chi connectivity index (χ2v) is 7.55. The van der Waals surface area contributed by atoms with Gasteiger partial charge in [-0.3, -0.25) is 9.79 Å². The van der Waals surface area contributed by atoms with Gasteiger partial charge in [0.05, 0.1) is 24.9 Å². The summed E-state index contributed by atoms with van der Waals surface area (Å²) < 4.78 is 11.3. The predicted octanol–water partition coefficient (Wildman–Crippen LogP) is 3.85. The Morgan fingerprint density at radius 1 is 1.16 bits per heavy atom. The predicted molar refractivity (Wildman–Crippen MR) is 121 cm³/mol. The van der Waals surface area contributed by atoms with E-state index in [1.54, 1.807) is 0 Å². The van der Waals surface area contributed by atoms with Crippen LogP contribution < -0.4 is 10.7 Å². The van der Waals surface area contributed by atoms with Crippen LogP contribution in [0.5, 0.6) is 0 Å². The van der Waals surface area contributed by atoms with E-state index in [2.05, 4.69) is 22.4 Å². The molecule has 0 radical (unpaired) electrons. The Balaban J connectivity index is 1.75. The Kier molecular flexibility index (Phi) is 6.28. The molecule has 0 spiro atoms. The third-order valence-electron chi connectivity index (χ3n) is 5.33. The lowest BCUT2D eigenvalue weighted by molar-refractivity contribution is -0.570. The normalized spacial score (nSPS) is 12.2. The summed E-state index contributed by atoms with van der Waals surface area (Å²) in [6.07, 6.45) is 1.18. The second kappa shape index (κ2) is 9.27. The van der Waals surface area contributed by atoms with Crippen molar-refractivity contribution in [2.45, 2.75) is 33.6 Å². The zero-order valence-electron chi connectivity index (χ0n) is 18.3. The Bertz CT molecular complexity index is 1280. The SMILES string of the molecule is CCN=c1cc2oc3cc([NH2+]CCCC(=O)OCC)c4ccccc4c3nc-2cc1C. The topological polar surface area (TPSA) is 81.3 Å². The molecule has 2 aromatic carbocycles. The number of quaternary nitrogens is 1. The lowest BCUT2D eigenvalue weighted by Crippen LogP contribution is -2.78. The highest BCUT2D eigenvalue weighted by atomic mass is 16.5. The molecule has 0 aromatic heterocycles. The molecule has 0 bridgehead atoms.